The van der Waals surface area contributed by atoms with Crippen LogP contribution in [0.3, 0.4) is 0 Å². The van der Waals surface area contributed by atoms with Gasteiger partial charge >= 0.3 is 6.03 Å². The van der Waals surface area contributed by atoms with Crippen LogP contribution in [0, 0.1) is 27.4 Å². The molecule has 0 spiro atoms. The molecule has 0 unspecified atom stereocenters. The highest BCUT2D eigenvalue weighted by Crippen LogP contribution is 2.40. The normalized spacial score (nSPS) is 18.4. The van der Waals surface area contributed by atoms with Crippen molar-refractivity contribution in [3.8, 4) is 12.1 Å². The van der Waals surface area contributed by atoms with E-state index in [1.165, 1.54) is 41.3 Å². The molecule has 0 saturated carbocycles. The number of carbonyl (C=O) groups is 1. The van der Waals surface area contributed by atoms with Crippen molar-refractivity contribution in [3.05, 3.63) is 70.4 Å². The van der Waals surface area contributed by atoms with E-state index < -0.39 is 28.5 Å². The van der Waals surface area contributed by atoms with Gasteiger partial charge in [-0.15, -0.1) is 0 Å². The predicted molar refractivity (Wildman–Crippen MR) is 114 cm³/mol. The first-order valence-corrected chi connectivity index (χ1v) is 11.2. The maximum absolute atomic E-state index is 13.3. The number of amides is 2. The number of urea groups is 1. The molecular weight excluding hydrogens is 417 g/mol. The molecule has 2 amide bonds. The molecule has 3 rings (SSSR count). The average molecular weight is 438 g/mol. The van der Waals surface area contributed by atoms with E-state index in [1.54, 1.807) is 31.2 Å². The molecule has 1 N–H and O–H groups in total. The highest BCUT2D eigenvalue weighted by Gasteiger charge is 2.39. The molecule has 7 nitrogen and oxygen atoms in total. The highest BCUT2D eigenvalue weighted by atomic mass is 32.2. The van der Waals surface area contributed by atoms with Crippen molar-refractivity contribution in [1.82, 2.24) is 4.90 Å². The Kier molecular flexibility index (Phi) is 5.83. The van der Waals surface area contributed by atoms with Crippen molar-refractivity contribution in [3.63, 3.8) is 0 Å². The zero-order valence-electron chi connectivity index (χ0n) is 17.2. The number of hydrogen-bond donors (Lipinski definition) is 1. The van der Waals surface area contributed by atoms with Crippen molar-refractivity contribution in [2.45, 2.75) is 24.5 Å². The number of alkyl halides is 1. The summed E-state index contributed by atoms with van der Waals surface area (Å²) in [4.78, 5) is 16.1. The number of carbonyl (C=O) groups excluding carboxylic acids is 1. The lowest BCUT2D eigenvalue weighted by Gasteiger charge is -2.40. The van der Waals surface area contributed by atoms with E-state index in [9.17, 15) is 23.9 Å². The Bertz CT molecular complexity index is 1290. The fraction of sp³-hybridized carbons (Fsp3) is 0.227. The van der Waals surface area contributed by atoms with Gasteiger partial charge in [0.15, 0.2) is 0 Å². The Morgan fingerprint density at radius 2 is 1.90 bits per heavy atom. The number of rotatable bonds is 4. The Labute approximate surface area is 180 Å². The predicted octanol–water partition coefficient (Wildman–Crippen LogP) is 4.47. The van der Waals surface area contributed by atoms with Crippen LogP contribution in [0.25, 0.3) is 0 Å². The van der Waals surface area contributed by atoms with Crippen LogP contribution >= 0.6 is 0 Å². The van der Waals surface area contributed by atoms with Crippen molar-refractivity contribution in [2.75, 3.05) is 18.2 Å². The summed E-state index contributed by atoms with van der Waals surface area (Å²) in [5.74, 6) is 0. The van der Waals surface area contributed by atoms with Gasteiger partial charge in [-0.2, -0.15) is 10.5 Å². The molecule has 1 aliphatic rings. The second-order valence-corrected chi connectivity index (χ2v) is 9.38. The Balaban J connectivity index is 2.26. The summed E-state index contributed by atoms with van der Waals surface area (Å²) in [5.41, 5.74) is 1.99. The van der Waals surface area contributed by atoms with Crippen LogP contribution in [0.15, 0.2) is 58.6 Å². The number of hydrogen-bond acceptors (Lipinski definition) is 5. The Hall–Kier alpha value is -3.69. The van der Waals surface area contributed by atoms with Gasteiger partial charge in [-0.1, -0.05) is 18.2 Å². The summed E-state index contributed by atoms with van der Waals surface area (Å²) in [7, 11) is -1.75. The van der Waals surface area contributed by atoms with Crippen LogP contribution in [-0.4, -0.2) is 28.4 Å². The van der Waals surface area contributed by atoms with Gasteiger partial charge in [0.05, 0.1) is 49.6 Å². The van der Waals surface area contributed by atoms with Gasteiger partial charge in [-0.3, -0.25) is 4.90 Å². The lowest BCUT2D eigenvalue weighted by atomic mass is 9.93. The van der Waals surface area contributed by atoms with E-state index >= 15 is 0 Å². The summed E-state index contributed by atoms with van der Waals surface area (Å²) in [6.07, 6.45) is 1.23. The molecule has 9 heteroatoms. The molecule has 0 aliphatic carbocycles. The standard InChI is InChI=1S/C22H20FN5O2S/c1-14-19(13-25)21(18-8-7-16(12-24)10-20(18)31(3,26)30)27(2)22(29)28(14)17-6-4-5-15(9-17)11-23/h4-10,21,26H,11H2,1-3H3/t21-,31+/m1/s1. The van der Waals surface area contributed by atoms with Crippen molar-refractivity contribution in [2.24, 2.45) is 0 Å². The van der Waals surface area contributed by atoms with Gasteiger partial charge in [0.2, 0.25) is 0 Å². The maximum Gasteiger partial charge on any atom is 0.329 e. The van der Waals surface area contributed by atoms with Crippen LogP contribution in [0.2, 0.25) is 0 Å². The Morgan fingerprint density at radius 1 is 1.19 bits per heavy atom. The Morgan fingerprint density at radius 3 is 2.48 bits per heavy atom. The topological polar surface area (TPSA) is 112 Å². The molecule has 2 atom stereocenters. The number of anilines is 1. The van der Waals surface area contributed by atoms with Crippen LogP contribution in [-0.2, 0) is 16.4 Å². The molecule has 1 aliphatic heterocycles. The van der Waals surface area contributed by atoms with E-state index in [0.29, 0.717) is 22.5 Å². The molecule has 0 radical (unpaired) electrons. The molecular formula is C22H20FN5O2S. The fourth-order valence-electron chi connectivity index (χ4n) is 3.68. The van der Waals surface area contributed by atoms with Gasteiger partial charge in [-0.05, 0) is 42.3 Å². The van der Waals surface area contributed by atoms with Gasteiger partial charge < -0.3 is 4.90 Å². The van der Waals surface area contributed by atoms with Crippen LogP contribution in [0.1, 0.15) is 29.7 Å². The van der Waals surface area contributed by atoms with E-state index in [4.69, 9.17) is 4.78 Å². The third-order valence-corrected chi connectivity index (χ3v) is 6.37. The summed E-state index contributed by atoms with van der Waals surface area (Å²) < 4.78 is 33.9. The lowest BCUT2D eigenvalue weighted by Crippen LogP contribution is -2.47. The zero-order chi connectivity index (χ0) is 22.9. The molecule has 0 fully saturated rings. The fourth-order valence-corrected chi connectivity index (χ4v) is 4.66. The smallest absolute Gasteiger partial charge is 0.315 e. The quantitative estimate of drug-likeness (QED) is 0.760. The monoisotopic (exact) mass is 437 g/mol. The number of nitrogens with zero attached hydrogens (tertiary/aromatic N) is 4. The van der Waals surface area contributed by atoms with Crippen molar-refractivity contribution in [1.29, 1.82) is 15.3 Å². The lowest BCUT2D eigenvalue weighted by molar-refractivity contribution is 0.202. The van der Waals surface area contributed by atoms with Gasteiger partial charge in [0.25, 0.3) is 0 Å². The molecule has 0 bridgehead atoms. The zero-order valence-corrected chi connectivity index (χ0v) is 18.0. The molecule has 0 aromatic heterocycles. The van der Waals surface area contributed by atoms with E-state index in [1.807, 2.05) is 6.07 Å². The maximum atomic E-state index is 13.3. The minimum atomic E-state index is -3.26. The first-order chi connectivity index (χ1) is 14.6. The molecule has 2 aromatic rings. The van der Waals surface area contributed by atoms with E-state index in [0.717, 1.165) is 0 Å². The molecule has 0 saturated heterocycles. The second-order valence-electron chi connectivity index (χ2n) is 7.25. The molecule has 1 heterocycles. The number of likely N-dealkylation sites (N-methyl/N-ethyl adjacent to an activating group) is 1. The SMILES string of the molecule is CC1=C(C#N)[C@@H](c2ccc(C#N)cc2[S@@](C)(=N)=O)N(C)C(=O)N1c1cccc(CF)c1. The van der Waals surface area contributed by atoms with Crippen molar-refractivity contribution >= 4 is 21.4 Å². The third-order valence-electron chi connectivity index (χ3n) is 5.18. The number of nitrogens with one attached hydrogen (secondary N) is 1. The number of benzene rings is 2. The minimum absolute atomic E-state index is 0.102. The summed E-state index contributed by atoms with van der Waals surface area (Å²) in [6.45, 7) is 0.928. The molecule has 31 heavy (non-hydrogen) atoms. The highest BCUT2D eigenvalue weighted by molar-refractivity contribution is 7.91. The van der Waals surface area contributed by atoms with Crippen LogP contribution in [0.5, 0.6) is 0 Å². The summed E-state index contributed by atoms with van der Waals surface area (Å²) >= 11 is 0. The first kappa shape index (κ1) is 22.0. The van der Waals surface area contributed by atoms with Gasteiger partial charge in [0, 0.05) is 19.0 Å². The average Bonchev–Trinajstić information content (AvgIpc) is 2.75. The summed E-state index contributed by atoms with van der Waals surface area (Å²) in [5, 5.41) is 19.2. The summed E-state index contributed by atoms with van der Waals surface area (Å²) in [6, 6.07) is 13.6. The van der Waals surface area contributed by atoms with Gasteiger partial charge in [-0.25, -0.2) is 18.2 Å². The first-order valence-electron chi connectivity index (χ1n) is 9.24. The van der Waals surface area contributed by atoms with Crippen LogP contribution < -0.4 is 4.90 Å². The molecule has 158 valence electrons. The minimum Gasteiger partial charge on any atom is -0.315 e. The van der Waals surface area contributed by atoms with Crippen LogP contribution in [0.4, 0.5) is 14.9 Å². The molecule has 2 aromatic carbocycles. The van der Waals surface area contributed by atoms with E-state index in [2.05, 4.69) is 6.07 Å². The second kappa shape index (κ2) is 8.21. The van der Waals surface area contributed by atoms with E-state index in [-0.39, 0.29) is 16.0 Å². The van der Waals surface area contributed by atoms with Gasteiger partial charge in [0.1, 0.15) is 6.67 Å². The number of nitriles is 2. The number of halogens is 1. The largest absolute Gasteiger partial charge is 0.329 e. The third kappa shape index (κ3) is 3.88. The number of allylic oxidation sites excluding steroid dienone is 1. The van der Waals surface area contributed by atoms with Crippen molar-refractivity contribution < 1.29 is 13.4 Å².